The summed E-state index contributed by atoms with van der Waals surface area (Å²) in [5.41, 5.74) is 7.47. The van der Waals surface area contributed by atoms with Crippen LogP contribution in [0, 0.1) is 0 Å². The van der Waals surface area contributed by atoms with Crippen LogP contribution in [-0.4, -0.2) is 20.5 Å². The summed E-state index contributed by atoms with van der Waals surface area (Å²) in [5.74, 6) is -0.0662. The van der Waals surface area contributed by atoms with E-state index in [4.69, 9.17) is 17.3 Å². The van der Waals surface area contributed by atoms with E-state index in [1.54, 1.807) is 17.1 Å². The fourth-order valence-electron chi connectivity index (χ4n) is 1.79. The molecule has 0 spiro atoms. The number of carbonyl (C=O) groups excluding carboxylic acids is 1. The van der Waals surface area contributed by atoms with Gasteiger partial charge in [-0.05, 0) is 6.42 Å². The summed E-state index contributed by atoms with van der Waals surface area (Å²) in [5, 5.41) is 7.36. The molecule has 2 rings (SSSR count). The molecule has 0 bridgehead atoms. The van der Waals surface area contributed by atoms with Gasteiger partial charge in [0.2, 0.25) is 0 Å². The van der Waals surface area contributed by atoms with Crippen LogP contribution in [0.25, 0.3) is 0 Å². The highest BCUT2D eigenvalue weighted by atomic mass is 35.5. The molecule has 0 aliphatic heterocycles. The third kappa shape index (κ3) is 2.86. The summed E-state index contributed by atoms with van der Waals surface area (Å²) < 4.78 is 1.66. The number of aryl methyl sites for hydroxylation is 2. The number of rotatable bonds is 5. The van der Waals surface area contributed by atoms with Gasteiger partial charge in [-0.3, -0.25) is 9.48 Å². The van der Waals surface area contributed by atoms with Crippen LogP contribution in [0.4, 0.5) is 0 Å². The third-order valence-electron chi connectivity index (χ3n) is 2.84. The number of ketones is 1. The molecule has 2 aromatic rings. The minimum atomic E-state index is -0.0662. The summed E-state index contributed by atoms with van der Waals surface area (Å²) in [6, 6.07) is 0. The topological polar surface area (TPSA) is 73.8 Å². The Morgan fingerprint density at radius 3 is 2.84 bits per heavy atom. The van der Waals surface area contributed by atoms with Crippen molar-refractivity contribution >= 4 is 28.7 Å². The molecule has 5 nitrogen and oxygen atoms in total. The number of nitrogens with zero attached hydrogens (tertiary/aromatic N) is 3. The van der Waals surface area contributed by atoms with Gasteiger partial charge in [-0.2, -0.15) is 5.10 Å². The molecule has 2 heterocycles. The highest BCUT2D eigenvalue weighted by molar-refractivity contribution is 7.09. The quantitative estimate of drug-likeness (QED) is 0.857. The summed E-state index contributed by atoms with van der Waals surface area (Å²) in [7, 11) is 1.79. The average molecular weight is 299 g/mol. The van der Waals surface area contributed by atoms with Crippen LogP contribution in [0.5, 0.6) is 0 Å². The first-order valence-corrected chi connectivity index (χ1v) is 7.20. The maximum atomic E-state index is 12.1. The van der Waals surface area contributed by atoms with Gasteiger partial charge >= 0.3 is 0 Å². The minimum absolute atomic E-state index is 0.0662. The van der Waals surface area contributed by atoms with Crippen molar-refractivity contribution in [3.05, 3.63) is 32.5 Å². The average Bonchev–Trinajstić information content (AvgIpc) is 2.98. The van der Waals surface area contributed by atoms with E-state index in [9.17, 15) is 4.79 Å². The molecule has 0 unspecified atom stereocenters. The zero-order valence-electron chi connectivity index (χ0n) is 10.8. The Morgan fingerprint density at radius 2 is 2.32 bits per heavy atom. The van der Waals surface area contributed by atoms with Crippen LogP contribution in [-0.2, 0) is 26.4 Å². The molecule has 0 saturated carbocycles. The number of thiazole rings is 1. The highest BCUT2D eigenvalue weighted by Crippen LogP contribution is 2.22. The van der Waals surface area contributed by atoms with Crippen LogP contribution < -0.4 is 5.73 Å². The van der Waals surface area contributed by atoms with Gasteiger partial charge in [0.15, 0.2) is 5.78 Å². The number of hydrogen-bond donors (Lipinski definition) is 1. The fourth-order valence-corrected chi connectivity index (χ4v) is 2.83. The zero-order chi connectivity index (χ0) is 14.0. The molecule has 0 aliphatic rings. The first-order valence-electron chi connectivity index (χ1n) is 5.94. The Bertz CT molecular complexity index is 605. The molecular formula is C12H15ClN4OS. The van der Waals surface area contributed by atoms with Crippen molar-refractivity contribution in [1.82, 2.24) is 14.8 Å². The van der Waals surface area contributed by atoms with Crippen molar-refractivity contribution < 1.29 is 4.79 Å². The first kappa shape index (κ1) is 14.2. The van der Waals surface area contributed by atoms with E-state index in [-0.39, 0.29) is 12.2 Å². The summed E-state index contributed by atoms with van der Waals surface area (Å²) >= 11 is 7.61. The van der Waals surface area contributed by atoms with Crippen LogP contribution in [0.3, 0.4) is 0 Å². The second-order valence-electron chi connectivity index (χ2n) is 4.12. The molecule has 102 valence electrons. The summed E-state index contributed by atoms with van der Waals surface area (Å²) in [6.07, 6.45) is 0.949. The molecule has 0 atom stereocenters. The Hall–Kier alpha value is -1.24. The Morgan fingerprint density at radius 1 is 1.58 bits per heavy atom. The number of carbonyl (C=O) groups is 1. The van der Waals surface area contributed by atoms with Gasteiger partial charge in [-0.1, -0.05) is 18.5 Å². The van der Waals surface area contributed by atoms with Crippen LogP contribution >= 0.6 is 22.9 Å². The van der Waals surface area contributed by atoms with Gasteiger partial charge in [0.25, 0.3) is 0 Å². The van der Waals surface area contributed by atoms with E-state index in [1.807, 2.05) is 6.92 Å². The normalized spacial score (nSPS) is 10.9. The summed E-state index contributed by atoms with van der Waals surface area (Å²) in [6.45, 7) is 2.33. The molecule has 2 aromatic heterocycles. The van der Waals surface area contributed by atoms with E-state index < -0.39 is 0 Å². The molecule has 0 saturated heterocycles. The van der Waals surface area contributed by atoms with Gasteiger partial charge in [0.1, 0.15) is 10.7 Å². The molecule has 0 aliphatic carbocycles. The van der Waals surface area contributed by atoms with Gasteiger partial charge in [-0.15, -0.1) is 11.3 Å². The second kappa shape index (κ2) is 5.81. The Labute approximate surface area is 120 Å². The lowest BCUT2D eigenvalue weighted by Gasteiger charge is -2.00. The Kier molecular flexibility index (Phi) is 4.34. The third-order valence-corrected chi connectivity index (χ3v) is 4.15. The molecule has 0 fully saturated rings. The smallest absolute Gasteiger partial charge is 0.188 e. The summed E-state index contributed by atoms with van der Waals surface area (Å²) in [4.78, 5) is 16.3. The van der Waals surface area contributed by atoms with Crippen molar-refractivity contribution in [2.75, 3.05) is 0 Å². The minimum Gasteiger partial charge on any atom is -0.325 e. The maximum Gasteiger partial charge on any atom is 0.188 e. The van der Waals surface area contributed by atoms with E-state index >= 15 is 0 Å². The van der Waals surface area contributed by atoms with Crippen molar-refractivity contribution in [1.29, 1.82) is 0 Å². The van der Waals surface area contributed by atoms with Gasteiger partial charge in [0.05, 0.1) is 22.8 Å². The van der Waals surface area contributed by atoms with E-state index in [1.165, 1.54) is 11.3 Å². The van der Waals surface area contributed by atoms with Crippen LogP contribution in [0.2, 0.25) is 5.02 Å². The van der Waals surface area contributed by atoms with Crippen LogP contribution in [0.1, 0.15) is 33.8 Å². The number of Topliss-reactive ketones (excluding diaryl/α,β-unsaturated/α-hetero) is 1. The molecule has 0 aromatic carbocycles. The predicted molar refractivity (Wildman–Crippen MR) is 75.6 cm³/mol. The van der Waals surface area contributed by atoms with Gasteiger partial charge in [-0.25, -0.2) is 4.98 Å². The standard InChI is InChI=1S/C12H15ClN4OS/c1-3-7-12(13)9(17(2)16-7)4-10(18)8-6-19-11(5-14)15-8/h6H,3-5,14H2,1-2H3. The van der Waals surface area contributed by atoms with Crippen molar-refractivity contribution in [2.24, 2.45) is 12.8 Å². The van der Waals surface area contributed by atoms with E-state index in [0.717, 1.165) is 22.8 Å². The van der Waals surface area contributed by atoms with Crippen molar-refractivity contribution in [3.63, 3.8) is 0 Å². The molecule has 0 radical (unpaired) electrons. The predicted octanol–water partition coefficient (Wildman–Crippen LogP) is 1.98. The molecule has 2 N–H and O–H groups in total. The number of hydrogen-bond acceptors (Lipinski definition) is 5. The zero-order valence-corrected chi connectivity index (χ0v) is 12.4. The van der Waals surface area contributed by atoms with Crippen molar-refractivity contribution in [2.45, 2.75) is 26.3 Å². The molecular weight excluding hydrogens is 284 g/mol. The molecule has 0 amide bonds. The van der Waals surface area contributed by atoms with E-state index in [0.29, 0.717) is 17.3 Å². The lowest BCUT2D eigenvalue weighted by Crippen LogP contribution is -2.09. The Balaban J connectivity index is 2.21. The van der Waals surface area contributed by atoms with Gasteiger partial charge < -0.3 is 5.73 Å². The molecule has 19 heavy (non-hydrogen) atoms. The monoisotopic (exact) mass is 298 g/mol. The highest BCUT2D eigenvalue weighted by Gasteiger charge is 2.18. The van der Waals surface area contributed by atoms with Gasteiger partial charge in [0, 0.05) is 19.0 Å². The first-order chi connectivity index (χ1) is 9.06. The largest absolute Gasteiger partial charge is 0.325 e. The number of aromatic nitrogens is 3. The lowest BCUT2D eigenvalue weighted by atomic mass is 10.1. The fraction of sp³-hybridized carbons (Fsp3) is 0.417. The van der Waals surface area contributed by atoms with Crippen LogP contribution in [0.15, 0.2) is 5.38 Å². The van der Waals surface area contributed by atoms with E-state index in [2.05, 4.69) is 10.1 Å². The molecule has 7 heteroatoms. The maximum absolute atomic E-state index is 12.1. The number of halogens is 1. The second-order valence-corrected chi connectivity index (χ2v) is 5.44. The number of nitrogens with two attached hydrogens (primary N) is 1. The van der Waals surface area contributed by atoms with Crippen molar-refractivity contribution in [3.8, 4) is 0 Å². The lowest BCUT2D eigenvalue weighted by molar-refractivity contribution is 0.0986. The SMILES string of the molecule is CCc1nn(C)c(CC(=O)c2csc(CN)n2)c1Cl.